The zero-order valence-corrected chi connectivity index (χ0v) is 10.6. The third-order valence-corrected chi connectivity index (χ3v) is 2.61. The van der Waals surface area contributed by atoms with Crippen LogP contribution >= 0.6 is 0 Å². The molecule has 0 spiro atoms. The predicted octanol–water partition coefficient (Wildman–Crippen LogP) is 2.35. The van der Waals surface area contributed by atoms with Crippen LogP contribution in [0.15, 0.2) is 24.8 Å². The summed E-state index contributed by atoms with van der Waals surface area (Å²) in [6.45, 7) is 0.574. The molecule has 0 bridgehead atoms. The second kappa shape index (κ2) is 6.36. The first kappa shape index (κ1) is 14.3. The average Bonchev–Trinajstić information content (AvgIpc) is 2.89. The molecule has 0 aromatic carbocycles. The number of nitrogens with one attached hydrogen (secondary N) is 2. The van der Waals surface area contributed by atoms with Crippen molar-refractivity contribution >= 4 is 5.95 Å². The highest BCUT2D eigenvalue weighted by Crippen LogP contribution is 2.21. The Bertz CT molecular complexity index is 524. The fourth-order valence-corrected chi connectivity index (χ4v) is 1.62. The number of alkyl halides is 3. The van der Waals surface area contributed by atoms with Gasteiger partial charge in [0.1, 0.15) is 0 Å². The summed E-state index contributed by atoms with van der Waals surface area (Å²) in [6.07, 6.45) is 0.275. The molecule has 0 atom stereocenters. The fourth-order valence-electron chi connectivity index (χ4n) is 1.62. The van der Waals surface area contributed by atoms with Crippen molar-refractivity contribution in [3.8, 4) is 0 Å². The monoisotopic (exact) mass is 285 g/mol. The Balaban J connectivity index is 1.83. The van der Waals surface area contributed by atoms with E-state index in [1.165, 1.54) is 12.3 Å². The summed E-state index contributed by atoms with van der Waals surface area (Å²) in [6, 6.07) is 1.49. The lowest BCUT2D eigenvalue weighted by Crippen LogP contribution is -2.11. The molecule has 5 nitrogen and oxygen atoms in total. The summed E-state index contributed by atoms with van der Waals surface area (Å²) in [5, 5.41) is 2.97. The molecular formula is C12H14F3N5. The van der Waals surface area contributed by atoms with Gasteiger partial charge in [-0.25, -0.2) is 15.0 Å². The number of aromatic amines is 1. The first-order valence-electron chi connectivity index (χ1n) is 6.13. The van der Waals surface area contributed by atoms with E-state index in [-0.39, 0.29) is 6.42 Å². The third-order valence-electron chi connectivity index (χ3n) is 2.61. The molecule has 2 rings (SSSR count). The first-order valence-corrected chi connectivity index (χ1v) is 6.13. The van der Waals surface area contributed by atoms with Gasteiger partial charge in [0, 0.05) is 43.2 Å². The molecule has 0 fully saturated rings. The maximum absolute atomic E-state index is 12.1. The quantitative estimate of drug-likeness (QED) is 0.855. The van der Waals surface area contributed by atoms with Gasteiger partial charge in [-0.05, 0) is 12.5 Å². The van der Waals surface area contributed by atoms with E-state index < -0.39 is 12.6 Å². The van der Waals surface area contributed by atoms with Gasteiger partial charge in [-0.1, -0.05) is 0 Å². The average molecular weight is 285 g/mol. The molecule has 2 aromatic rings. The lowest BCUT2D eigenvalue weighted by atomic mass is 10.2. The minimum Gasteiger partial charge on any atom is -0.354 e. The van der Waals surface area contributed by atoms with Crippen LogP contribution < -0.4 is 5.32 Å². The van der Waals surface area contributed by atoms with Gasteiger partial charge in [0.05, 0.1) is 6.33 Å². The van der Waals surface area contributed by atoms with Crippen LogP contribution in [-0.4, -0.2) is 32.7 Å². The van der Waals surface area contributed by atoms with Gasteiger partial charge in [0.15, 0.2) is 0 Å². The van der Waals surface area contributed by atoms with Crippen molar-refractivity contribution in [3.05, 3.63) is 36.2 Å². The SMILES string of the molecule is FC(F)(F)CCc1ccnc(NCCc2cnc[nH]2)n1. The Morgan fingerprint density at radius 1 is 1.25 bits per heavy atom. The summed E-state index contributed by atoms with van der Waals surface area (Å²) in [5.41, 5.74) is 1.34. The van der Waals surface area contributed by atoms with Gasteiger partial charge in [0.25, 0.3) is 0 Å². The molecule has 0 saturated carbocycles. The summed E-state index contributed by atoms with van der Waals surface area (Å²) in [5.74, 6) is 0.337. The van der Waals surface area contributed by atoms with Crippen molar-refractivity contribution in [2.45, 2.75) is 25.4 Å². The van der Waals surface area contributed by atoms with Crippen molar-refractivity contribution in [1.82, 2.24) is 19.9 Å². The van der Waals surface area contributed by atoms with E-state index in [1.807, 2.05) is 0 Å². The number of hydrogen-bond donors (Lipinski definition) is 2. The number of rotatable bonds is 6. The van der Waals surface area contributed by atoms with Crippen molar-refractivity contribution in [3.63, 3.8) is 0 Å². The second-order valence-electron chi connectivity index (χ2n) is 4.24. The van der Waals surface area contributed by atoms with E-state index in [9.17, 15) is 13.2 Å². The van der Waals surface area contributed by atoms with Gasteiger partial charge in [-0.15, -0.1) is 0 Å². The van der Waals surface area contributed by atoms with Crippen LogP contribution in [0.3, 0.4) is 0 Å². The Kier molecular flexibility index (Phi) is 4.54. The summed E-state index contributed by atoms with van der Waals surface area (Å²) in [7, 11) is 0. The molecule has 108 valence electrons. The fraction of sp³-hybridized carbons (Fsp3) is 0.417. The number of anilines is 1. The van der Waals surface area contributed by atoms with Crippen molar-refractivity contribution in [2.75, 3.05) is 11.9 Å². The Morgan fingerprint density at radius 3 is 2.80 bits per heavy atom. The molecule has 0 aliphatic rings. The molecule has 2 heterocycles. The molecule has 0 saturated heterocycles. The van der Waals surface area contributed by atoms with Crippen molar-refractivity contribution < 1.29 is 13.2 Å². The molecule has 0 aliphatic carbocycles. The largest absolute Gasteiger partial charge is 0.389 e. The number of hydrogen-bond acceptors (Lipinski definition) is 4. The van der Waals surface area contributed by atoms with Gasteiger partial charge >= 0.3 is 6.18 Å². The Hall–Kier alpha value is -2.12. The molecular weight excluding hydrogens is 271 g/mol. The number of aryl methyl sites for hydroxylation is 1. The smallest absolute Gasteiger partial charge is 0.354 e. The molecule has 20 heavy (non-hydrogen) atoms. The Morgan fingerprint density at radius 2 is 2.10 bits per heavy atom. The minimum atomic E-state index is -4.17. The summed E-state index contributed by atoms with van der Waals surface area (Å²) >= 11 is 0. The van der Waals surface area contributed by atoms with Gasteiger partial charge in [-0.2, -0.15) is 13.2 Å². The van der Waals surface area contributed by atoms with Crippen molar-refractivity contribution in [2.24, 2.45) is 0 Å². The van der Waals surface area contributed by atoms with E-state index in [1.54, 1.807) is 12.5 Å². The number of imidazole rings is 1. The van der Waals surface area contributed by atoms with Crippen LogP contribution in [0.4, 0.5) is 19.1 Å². The van der Waals surface area contributed by atoms with E-state index in [0.717, 1.165) is 5.69 Å². The van der Waals surface area contributed by atoms with E-state index >= 15 is 0 Å². The van der Waals surface area contributed by atoms with Crippen LogP contribution in [0.2, 0.25) is 0 Å². The third kappa shape index (κ3) is 4.87. The number of H-pyrrole nitrogens is 1. The van der Waals surface area contributed by atoms with Crippen LogP contribution in [0, 0.1) is 0 Å². The highest BCUT2D eigenvalue weighted by atomic mass is 19.4. The van der Waals surface area contributed by atoms with Gasteiger partial charge in [-0.3, -0.25) is 0 Å². The molecule has 0 aliphatic heterocycles. The van der Waals surface area contributed by atoms with Gasteiger partial charge < -0.3 is 10.3 Å². The number of halogens is 3. The zero-order chi connectivity index (χ0) is 14.4. The minimum absolute atomic E-state index is 0.138. The van der Waals surface area contributed by atoms with E-state index in [0.29, 0.717) is 24.6 Å². The first-order chi connectivity index (χ1) is 9.53. The molecule has 8 heteroatoms. The van der Waals surface area contributed by atoms with E-state index in [2.05, 4.69) is 25.3 Å². The maximum atomic E-state index is 12.1. The molecule has 0 unspecified atom stereocenters. The summed E-state index contributed by atoms with van der Waals surface area (Å²) in [4.78, 5) is 14.9. The predicted molar refractivity (Wildman–Crippen MR) is 67.2 cm³/mol. The topological polar surface area (TPSA) is 66.5 Å². The van der Waals surface area contributed by atoms with Crippen LogP contribution in [0.5, 0.6) is 0 Å². The van der Waals surface area contributed by atoms with Crippen LogP contribution in [0.1, 0.15) is 17.8 Å². The number of aromatic nitrogens is 4. The standard InChI is InChI=1S/C12H14F3N5/c13-12(14,15)4-1-9-2-5-17-11(20-9)18-6-3-10-7-16-8-19-10/h2,5,7-8H,1,3-4,6H2,(H,16,19)(H,17,18,20). The molecule has 0 amide bonds. The highest BCUT2D eigenvalue weighted by molar-refractivity contribution is 5.25. The lowest BCUT2D eigenvalue weighted by Gasteiger charge is -2.07. The van der Waals surface area contributed by atoms with E-state index in [4.69, 9.17) is 0 Å². The van der Waals surface area contributed by atoms with Crippen LogP contribution in [-0.2, 0) is 12.8 Å². The maximum Gasteiger partial charge on any atom is 0.389 e. The van der Waals surface area contributed by atoms with Crippen molar-refractivity contribution in [1.29, 1.82) is 0 Å². The molecule has 2 N–H and O–H groups in total. The molecule has 0 radical (unpaired) electrons. The molecule has 2 aromatic heterocycles. The number of nitrogens with zero attached hydrogens (tertiary/aromatic N) is 3. The lowest BCUT2D eigenvalue weighted by molar-refractivity contribution is -0.134. The Labute approximate surface area is 113 Å². The van der Waals surface area contributed by atoms with Crippen LogP contribution in [0.25, 0.3) is 0 Å². The summed E-state index contributed by atoms with van der Waals surface area (Å²) < 4.78 is 36.4. The second-order valence-corrected chi connectivity index (χ2v) is 4.24. The zero-order valence-electron chi connectivity index (χ0n) is 10.6. The normalized spacial score (nSPS) is 11.6. The highest BCUT2D eigenvalue weighted by Gasteiger charge is 2.26. The van der Waals surface area contributed by atoms with Gasteiger partial charge in [0.2, 0.25) is 5.95 Å².